The van der Waals surface area contributed by atoms with E-state index < -0.39 is 20.6 Å². The van der Waals surface area contributed by atoms with E-state index >= 15 is 0 Å². The molecule has 0 aliphatic rings. The zero-order valence-corrected chi connectivity index (χ0v) is 17.5. The lowest BCUT2D eigenvalue weighted by Gasteiger charge is -2.11. The molecule has 1 heterocycles. The minimum atomic E-state index is -4.16. The summed E-state index contributed by atoms with van der Waals surface area (Å²) in [6.07, 6.45) is 0.566. The normalized spacial score (nSPS) is 11.3. The molecule has 0 spiro atoms. The molecule has 11 heteroatoms. The van der Waals surface area contributed by atoms with E-state index in [9.17, 15) is 23.3 Å². The minimum Gasteiger partial charge on any atom is -0.307 e. The molecule has 0 atom stereocenters. The molecular weight excluding hydrogens is 432 g/mol. The summed E-state index contributed by atoms with van der Waals surface area (Å²) in [5, 5.41) is 11.2. The standard InChI is InChI=1S/C19H17ClN4O5S/c1-3-13-8-18(25)22-19(21-13)12-5-4-6-14(7-12)23-30(28,29)15-9-16(20)11(2)17(10-15)24(26)27/h4-10,23H,3H2,1-2H3,(H,21,22,25). The van der Waals surface area contributed by atoms with Crippen molar-refractivity contribution in [2.75, 3.05) is 4.72 Å². The van der Waals surface area contributed by atoms with E-state index in [0.717, 1.165) is 12.1 Å². The van der Waals surface area contributed by atoms with Gasteiger partial charge >= 0.3 is 0 Å². The van der Waals surface area contributed by atoms with E-state index in [1.807, 2.05) is 6.92 Å². The van der Waals surface area contributed by atoms with E-state index in [2.05, 4.69) is 14.7 Å². The number of nitrogens with one attached hydrogen (secondary N) is 2. The van der Waals surface area contributed by atoms with Gasteiger partial charge in [0.1, 0.15) is 5.82 Å². The van der Waals surface area contributed by atoms with Gasteiger partial charge in [0.25, 0.3) is 21.3 Å². The molecule has 2 N–H and O–H groups in total. The van der Waals surface area contributed by atoms with Crippen molar-refractivity contribution < 1.29 is 13.3 Å². The van der Waals surface area contributed by atoms with Gasteiger partial charge in [-0.25, -0.2) is 13.4 Å². The average Bonchev–Trinajstić information content (AvgIpc) is 2.68. The molecule has 0 saturated carbocycles. The van der Waals surface area contributed by atoms with Crippen LogP contribution in [-0.4, -0.2) is 23.3 Å². The number of nitrogens with zero attached hydrogens (tertiary/aromatic N) is 2. The summed E-state index contributed by atoms with van der Waals surface area (Å²) in [6, 6.07) is 9.77. The predicted octanol–water partition coefficient (Wildman–Crippen LogP) is 3.67. The van der Waals surface area contributed by atoms with Crippen LogP contribution in [0.25, 0.3) is 11.4 Å². The van der Waals surface area contributed by atoms with Crippen LogP contribution in [0.5, 0.6) is 0 Å². The Hall–Kier alpha value is -3.24. The van der Waals surface area contributed by atoms with Gasteiger partial charge in [0.15, 0.2) is 0 Å². The highest BCUT2D eigenvalue weighted by Crippen LogP contribution is 2.30. The van der Waals surface area contributed by atoms with Gasteiger partial charge in [-0.2, -0.15) is 0 Å². The highest BCUT2D eigenvalue weighted by molar-refractivity contribution is 7.92. The number of anilines is 1. The Morgan fingerprint density at radius 3 is 2.63 bits per heavy atom. The van der Waals surface area contributed by atoms with Crippen LogP contribution in [0.15, 0.2) is 52.2 Å². The number of nitro groups is 1. The number of benzene rings is 2. The van der Waals surface area contributed by atoms with Gasteiger partial charge in [0.05, 0.1) is 14.8 Å². The number of aromatic amines is 1. The van der Waals surface area contributed by atoms with Gasteiger partial charge in [-0.3, -0.25) is 19.6 Å². The van der Waals surface area contributed by atoms with Crippen molar-refractivity contribution in [2.24, 2.45) is 0 Å². The summed E-state index contributed by atoms with van der Waals surface area (Å²) in [4.78, 5) is 28.9. The molecule has 9 nitrogen and oxygen atoms in total. The fraction of sp³-hybridized carbons (Fsp3) is 0.158. The molecule has 0 aliphatic heterocycles. The maximum absolute atomic E-state index is 12.8. The number of H-pyrrole nitrogens is 1. The summed E-state index contributed by atoms with van der Waals surface area (Å²) in [5.74, 6) is 0.300. The van der Waals surface area contributed by atoms with E-state index in [1.165, 1.54) is 25.1 Å². The molecule has 0 bridgehead atoms. The maximum atomic E-state index is 12.8. The largest absolute Gasteiger partial charge is 0.307 e. The third-order valence-electron chi connectivity index (χ3n) is 4.34. The van der Waals surface area contributed by atoms with Crippen LogP contribution in [-0.2, 0) is 16.4 Å². The monoisotopic (exact) mass is 448 g/mol. The summed E-state index contributed by atoms with van der Waals surface area (Å²) in [5.41, 5.74) is 0.751. The molecule has 3 aromatic rings. The molecule has 2 aromatic carbocycles. The Morgan fingerprint density at radius 2 is 1.97 bits per heavy atom. The molecule has 30 heavy (non-hydrogen) atoms. The number of aromatic nitrogens is 2. The molecule has 0 amide bonds. The van der Waals surface area contributed by atoms with Crippen LogP contribution < -0.4 is 10.3 Å². The summed E-state index contributed by atoms with van der Waals surface area (Å²) < 4.78 is 27.9. The van der Waals surface area contributed by atoms with Gasteiger partial charge in [-0.15, -0.1) is 0 Å². The number of halogens is 1. The fourth-order valence-electron chi connectivity index (χ4n) is 2.75. The number of hydrogen-bond acceptors (Lipinski definition) is 6. The molecule has 3 rings (SSSR count). The van der Waals surface area contributed by atoms with Crippen molar-refractivity contribution in [3.8, 4) is 11.4 Å². The highest BCUT2D eigenvalue weighted by Gasteiger charge is 2.22. The van der Waals surface area contributed by atoms with E-state index in [4.69, 9.17) is 11.6 Å². The Morgan fingerprint density at radius 1 is 1.23 bits per heavy atom. The van der Waals surface area contributed by atoms with Gasteiger partial charge in [-0.1, -0.05) is 30.7 Å². The second-order valence-electron chi connectivity index (χ2n) is 6.43. The van der Waals surface area contributed by atoms with Gasteiger partial charge in [0.2, 0.25) is 0 Å². The number of nitro benzene ring substituents is 1. The van der Waals surface area contributed by atoms with Crippen molar-refractivity contribution in [3.63, 3.8) is 0 Å². The van der Waals surface area contributed by atoms with Crippen LogP contribution in [0.3, 0.4) is 0 Å². The molecule has 0 saturated heterocycles. The van der Waals surface area contributed by atoms with Crippen LogP contribution in [0.4, 0.5) is 11.4 Å². The van der Waals surface area contributed by atoms with E-state index in [1.54, 1.807) is 12.1 Å². The Balaban J connectivity index is 1.99. The Bertz CT molecular complexity index is 1300. The third kappa shape index (κ3) is 4.50. The molecule has 0 aliphatic carbocycles. The van der Waals surface area contributed by atoms with Crippen LogP contribution >= 0.6 is 11.6 Å². The first-order valence-corrected chi connectivity index (χ1v) is 10.6. The second-order valence-corrected chi connectivity index (χ2v) is 8.52. The van der Waals surface area contributed by atoms with Crippen LogP contribution in [0.2, 0.25) is 5.02 Å². The Kier molecular flexibility index (Phi) is 5.90. The zero-order valence-electron chi connectivity index (χ0n) is 16.0. The van der Waals surface area contributed by atoms with Gasteiger partial charge in [-0.05, 0) is 31.5 Å². The summed E-state index contributed by atoms with van der Waals surface area (Å²) in [6.45, 7) is 3.30. The molecule has 1 aromatic heterocycles. The van der Waals surface area contributed by atoms with Gasteiger partial charge in [0, 0.05) is 34.6 Å². The summed E-state index contributed by atoms with van der Waals surface area (Å²) in [7, 11) is -4.16. The van der Waals surface area contributed by atoms with Crippen molar-refractivity contribution in [1.82, 2.24) is 9.97 Å². The van der Waals surface area contributed by atoms with Crippen molar-refractivity contribution in [1.29, 1.82) is 0 Å². The molecule has 0 fully saturated rings. The second kappa shape index (κ2) is 8.25. The quantitative estimate of drug-likeness (QED) is 0.436. The van der Waals surface area contributed by atoms with Gasteiger partial charge < -0.3 is 4.98 Å². The number of hydrogen-bond donors (Lipinski definition) is 2. The average molecular weight is 449 g/mol. The lowest BCUT2D eigenvalue weighted by molar-refractivity contribution is -0.385. The van der Waals surface area contributed by atoms with Crippen molar-refractivity contribution >= 4 is 33.0 Å². The minimum absolute atomic E-state index is 0.0310. The smallest absolute Gasteiger partial charge is 0.275 e. The van der Waals surface area contributed by atoms with Crippen molar-refractivity contribution in [2.45, 2.75) is 25.2 Å². The van der Waals surface area contributed by atoms with E-state index in [0.29, 0.717) is 23.5 Å². The number of sulfonamides is 1. The van der Waals surface area contributed by atoms with Crippen LogP contribution in [0.1, 0.15) is 18.2 Å². The zero-order chi connectivity index (χ0) is 22.1. The fourth-order valence-corrected chi connectivity index (χ4v) is 4.13. The Labute approximate surface area is 177 Å². The van der Waals surface area contributed by atoms with Crippen LogP contribution in [0, 0.1) is 17.0 Å². The molecule has 156 valence electrons. The topological polar surface area (TPSA) is 135 Å². The van der Waals surface area contributed by atoms with Crippen molar-refractivity contribution in [3.05, 3.63) is 79.2 Å². The van der Waals surface area contributed by atoms with E-state index in [-0.39, 0.29) is 26.7 Å². The predicted molar refractivity (Wildman–Crippen MR) is 113 cm³/mol. The lowest BCUT2D eigenvalue weighted by Crippen LogP contribution is -2.14. The summed E-state index contributed by atoms with van der Waals surface area (Å²) >= 11 is 5.98. The highest BCUT2D eigenvalue weighted by atomic mass is 35.5. The number of rotatable bonds is 6. The molecule has 0 radical (unpaired) electrons. The SMILES string of the molecule is CCc1cc(=O)[nH]c(-c2cccc(NS(=O)(=O)c3cc(Cl)c(C)c([N+](=O)[O-])c3)c2)n1. The number of aryl methyl sites for hydroxylation is 1. The molecular formula is C19H17ClN4O5S. The lowest BCUT2D eigenvalue weighted by atomic mass is 10.2. The molecule has 0 unspecified atom stereocenters. The third-order valence-corrected chi connectivity index (χ3v) is 6.10. The first kappa shape index (κ1) is 21.5. The first-order valence-electron chi connectivity index (χ1n) is 8.78. The first-order chi connectivity index (χ1) is 14.1. The maximum Gasteiger partial charge on any atom is 0.275 e.